The second-order valence-corrected chi connectivity index (χ2v) is 8.33. The molecule has 0 N–H and O–H groups in total. The van der Waals surface area contributed by atoms with Crippen molar-refractivity contribution in [3.8, 4) is 0 Å². The van der Waals surface area contributed by atoms with Crippen molar-refractivity contribution in [2.24, 2.45) is 0 Å². The number of benzene rings is 2. The molecule has 0 aromatic heterocycles. The van der Waals surface area contributed by atoms with E-state index in [1.165, 1.54) is 17.2 Å². The zero-order valence-electron chi connectivity index (χ0n) is 17.0. The smallest absolute Gasteiger partial charge is 0.253 e. The highest BCUT2D eigenvalue weighted by molar-refractivity contribution is 6.30. The van der Waals surface area contributed by atoms with E-state index in [2.05, 4.69) is 17.5 Å². The molecule has 4 rings (SSSR count). The number of carbonyl (C=O) groups excluding carboxylic acids is 2. The van der Waals surface area contributed by atoms with Gasteiger partial charge in [-0.15, -0.1) is 0 Å². The summed E-state index contributed by atoms with van der Waals surface area (Å²) >= 11 is 6.08. The van der Waals surface area contributed by atoms with Gasteiger partial charge in [0.1, 0.15) is 0 Å². The molecule has 1 fully saturated rings. The first kappa shape index (κ1) is 20.6. The van der Waals surface area contributed by atoms with E-state index in [1.54, 1.807) is 4.90 Å². The molecule has 2 aromatic rings. The number of hydrogen-bond acceptors (Lipinski definition) is 3. The predicted molar refractivity (Wildman–Crippen MR) is 118 cm³/mol. The van der Waals surface area contributed by atoms with Gasteiger partial charge in [-0.1, -0.05) is 36.4 Å². The van der Waals surface area contributed by atoms with E-state index in [4.69, 9.17) is 11.6 Å². The molecule has 0 aliphatic carbocycles. The lowest BCUT2D eigenvalue weighted by atomic mass is 9.96. The van der Waals surface area contributed by atoms with Gasteiger partial charge in [-0.05, 0) is 53.5 Å². The fraction of sp³-hybridized carbons (Fsp3) is 0.333. The van der Waals surface area contributed by atoms with Gasteiger partial charge < -0.3 is 9.80 Å². The Morgan fingerprint density at radius 2 is 1.77 bits per heavy atom. The number of rotatable bonds is 4. The summed E-state index contributed by atoms with van der Waals surface area (Å²) in [5.74, 6) is 0.000538. The molecule has 6 heteroatoms. The Morgan fingerprint density at radius 1 is 0.967 bits per heavy atom. The van der Waals surface area contributed by atoms with Crippen LogP contribution in [0.4, 0.5) is 0 Å². The largest absolute Gasteiger partial charge is 0.336 e. The second-order valence-electron chi connectivity index (χ2n) is 7.90. The summed E-state index contributed by atoms with van der Waals surface area (Å²) in [7, 11) is 0. The van der Waals surface area contributed by atoms with E-state index in [0.29, 0.717) is 31.7 Å². The van der Waals surface area contributed by atoms with Crippen LogP contribution in [0.25, 0.3) is 0 Å². The van der Waals surface area contributed by atoms with Gasteiger partial charge in [0.15, 0.2) is 0 Å². The van der Waals surface area contributed by atoms with Crippen LogP contribution in [0.1, 0.15) is 27.0 Å². The van der Waals surface area contributed by atoms with Crippen LogP contribution in [-0.2, 0) is 24.3 Å². The summed E-state index contributed by atoms with van der Waals surface area (Å²) in [4.78, 5) is 31.1. The molecule has 0 bridgehead atoms. The minimum atomic E-state index is -0.0618. The summed E-state index contributed by atoms with van der Waals surface area (Å²) in [6.45, 7) is 8.73. The third kappa shape index (κ3) is 4.58. The number of amides is 2. The molecule has 156 valence electrons. The molecule has 2 amide bonds. The van der Waals surface area contributed by atoms with Crippen molar-refractivity contribution in [2.75, 3.05) is 32.7 Å². The van der Waals surface area contributed by atoms with E-state index < -0.39 is 0 Å². The first-order valence-electron chi connectivity index (χ1n) is 10.3. The molecule has 2 aromatic carbocycles. The molecular formula is C24H26ClN3O2. The van der Waals surface area contributed by atoms with Gasteiger partial charge in [-0.3, -0.25) is 14.5 Å². The number of carbonyl (C=O) groups is 2. The highest BCUT2D eigenvalue weighted by Crippen LogP contribution is 2.22. The Morgan fingerprint density at radius 3 is 2.50 bits per heavy atom. The summed E-state index contributed by atoms with van der Waals surface area (Å²) < 4.78 is 0. The minimum Gasteiger partial charge on any atom is -0.336 e. The van der Waals surface area contributed by atoms with Crippen molar-refractivity contribution >= 4 is 23.4 Å². The molecule has 0 saturated carbocycles. The molecule has 2 aliphatic heterocycles. The third-order valence-corrected chi connectivity index (χ3v) is 6.14. The van der Waals surface area contributed by atoms with Gasteiger partial charge in [0, 0.05) is 56.4 Å². The highest BCUT2D eigenvalue weighted by atomic mass is 35.5. The van der Waals surface area contributed by atoms with Crippen LogP contribution in [-0.4, -0.2) is 59.2 Å². The second kappa shape index (κ2) is 9.02. The first-order chi connectivity index (χ1) is 14.5. The topological polar surface area (TPSA) is 43.9 Å². The highest BCUT2D eigenvalue weighted by Gasteiger charge is 2.24. The molecule has 0 spiro atoms. The predicted octanol–water partition coefficient (Wildman–Crippen LogP) is 3.37. The van der Waals surface area contributed by atoms with Crippen molar-refractivity contribution in [3.05, 3.63) is 82.4 Å². The van der Waals surface area contributed by atoms with Crippen LogP contribution in [0.15, 0.2) is 55.1 Å². The maximum atomic E-state index is 13.1. The number of halogens is 1. The van der Waals surface area contributed by atoms with E-state index in [0.717, 1.165) is 36.6 Å². The monoisotopic (exact) mass is 423 g/mol. The average molecular weight is 424 g/mol. The summed E-state index contributed by atoms with van der Waals surface area (Å²) in [6.07, 6.45) is 2.16. The number of hydrogen-bond donors (Lipinski definition) is 0. The van der Waals surface area contributed by atoms with Crippen molar-refractivity contribution in [1.29, 1.82) is 0 Å². The first-order valence-corrected chi connectivity index (χ1v) is 10.7. The van der Waals surface area contributed by atoms with Gasteiger partial charge in [-0.25, -0.2) is 0 Å². The van der Waals surface area contributed by atoms with Crippen LogP contribution >= 0.6 is 11.6 Å². The average Bonchev–Trinajstić information content (AvgIpc) is 2.78. The molecule has 0 unspecified atom stereocenters. The van der Waals surface area contributed by atoms with E-state index >= 15 is 0 Å². The molecular weight excluding hydrogens is 398 g/mol. The lowest BCUT2D eigenvalue weighted by Crippen LogP contribution is -2.48. The van der Waals surface area contributed by atoms with Gasteiger partial charge >= 0.3 is 0 Å². The Bertz CT molecular complexity index is 967. The molecule has 2 aliphatic rings. The SMILES string of the molecule is C=CC(=O)N1CCc2ccc(C(=O)N3CCN(Cc4cccc(Cl)c4)CC3)cc2C1. The molecule has 0 radical (unpaired) electrons. The Hall–Kier alpha value is -2.63. The fourth-order valence-corrected chi connectivity index (χ4v) is 4.41. The van der Waals surface area contributed by atoms with Crippen LogP contribution < -0.4 is 0 Å². The molecule has 30 heavy (non-hydrogen) atoms. The number of piperazine rings is 1. The van der Waals surface area contributed by atoms with Crippen LogP contribution in [0.2, 0.25) is 5.02 Å². The lowest BCUT2D eigenvalue weighted by Gasteiger charge is -2.35. The quantitative estimate of drug-likeness (QED) is 0.708. The fourth-order valence-electron chi connectivity index (χ4n) is 4.19. The molecule has 1 saturated heterocycles. The van der Waals surface area contributed by atoms with Crippen molar-refractivity contribution < 1.29 is 9.59 Å². The minimum absolute atomic E-state index is 0.0618. The van der Waals surface area contributed by atoms with Crippen LogP contribution in [0.5, 0.6) is 0 Å². The Kier molecular flexibility index (Phi) is 6.21. The maximum absolute atomic E-state index is 13.1. The van der Waals surface area contributed by atoms with E-state index in [9.17, 15) is 9.59 Å². The number of fused-ring (bicyclic) bond motifs is 1. The summed E-state index contributed by atoms with van der Waals surface area (Å²) in [6, 6.07) is 13.8. The zero-order chi connectivity index (χ0) is 21.1. The lowest BCUT2D eigenvalue weighted by molar-refractivity contribution is -0.126. The summed E-state index contributed by atoms with van der Waals surface area (Å²) in [5, 5.41) is 0.752. The van der Waals surface area contributed by atoms with Crippen molar-refractivity contribution in [1.82, 2.24) is 14.7 Å². The van der Waals surface area contributed by atoms with E-state index in [-0.39, 0.29) is 11.8 Å². The standard InChI is InChI=1S/C24H26ClN3O2/c1-2-23(29)28-9-8-19-6-7-20(15-21(19)17-28)24(30)27-12-10-26(11-13-27)16-18-4-3-5-22(25)14-18/h2-7,14-15H,1,8-13,16-17H2. The Labute approximate surface area is 182 Å². The van der Waals surface area contributed by atoms with Gasteiger partial charge in [0.25, 0.3) is 5.91 Å². The molecule has 2 heterocycles. The van der Waals surface area contributed by atoms with Gasteiger partial charge in [0.05, 0.1) is 0 Å². The Balaban J connectivity index is 1.37. The van der Waals surface area contributed by atoms with Crippen LogP contribution in [0.3, 0.4) is 0 Å². The van der Waals surface area contributed by atoms with Crippen LogP contribution in [0, 0.1) is 0 Å². The normalized spacial score (nSPS) is 16.8. The van der Waals surface area contributed by atoms with E-state index in [1.807, 2.05) is 41.3 Å². The number of nitrogens with zero attached hydrogens (tertiary/aromatic N) is 3. The third-order valence-electron chi connectivity index (χ3n) is 5.91. The van der Waals surface area contributed by atoms with Crippen molar-refractivity contribution in [2.45, 2.75) is 19.5 Å². The molecule has 5 nitrogen and oxygen atoms in total. The zero-order valence-corrected chi connectivity index (χ0v) is 17.8. The van der Waals surface area contributed by atoms with Gasteiger partial charge in [-0.2, -0.15) is 0 Å². The van der Waals surface area contributed by atoms with Crippen molar-refractivity contribution in [3.63, 3.8) is 0 Å². The molecule has 0 atom stereocenters. The summed E-state index contributed by atoms with van der Waals surface area (Å²) in [5.41, 5.74) is 4.16. The maximum Gasteiger partial charge on any atom is 0.253 e. The van der Waals surface area contributed by atoms with Gasteiger partial charge in [0.2, 0.25) is 5.91 Å².